The van der Waals surface area contributed by atoms with Gasteiger partial charge in [-0.15, -0.1) is 0 Å². The highest BCUT2D eigenvalue weighted by Crippen LogP contribution is 2.18. The maximum atomic E-state index is 11.5. The molecule has 18 heavy (non-hydrogen) atoms. The van der Waals surface area contributed by atoms with Gasteiger partial charge in [0.2, 0.25) is 0 Å². The van der Waals surface area contributed by atoms with Gasteiger partial charge in [0.1, 0.15) is 5.82 Å². The van der Waals surface area contributed by atoms with Gasteiger partial charge in [-0.1, -0.05) is 30.3 Å². The minimum absolute atomic E-state index is 0.387. The summed E-state index contributed by atoms with van der Waals surface area (Å²) in [7, 11) is 1.36. The van der Waals surface area contributed by atoms with Gasteiger partial charge in [0.05, 0.1) is 12.8 Å². The fraction of sp³-hybridized carbons (Fsp3) is 0.143. The quantitative estimate of drug-likeness (QED) is 0.612. The molecule has 92 valence electrons. The van der Waals surface area contributed by atoms with Crippen LogP contribution in [-0.4, -0.2) is 22.6 Å². The molecule has 1 heterocycles. The smallest absolute Gasteiger partial charge is 0.332 e. The number of hydrogen-bond donors (Lipinski definition) is 0. The SMILES string of the molecule is COC(=O)/C=C(\c1ccccc1)n1ccnc1C. The van der Waals surface area contributed by atoms with Gasteiger partial charge < -0.3 is 9.30 Å². The molecule has 0 unspecified atom stereocenters. The minimum Gasteiger partial charge on any atom is -0.466 e. The first-order valence-electron chi connectivity index (χ1n) is 5.58. The monoisotopic (exact) mass is 242 g/mol. The van der Waals surface area contributed by atoms with Gasteiger partial charge in [-0.3, -0.25) is 0 Å². The third-order valence-electron chi connectivity index (χ3n) is 2.61. The van der Waals surface area contributed by atoms with Crippen molar-refractivity contribution in [1.82, 2.24) is 9.55 Å². The maximum Gasteiger partial charge on any atom is 0.332 e. The molecule has 0 atom stereocenters. The molecule has 0 aliphatic rings. The van der Waals surface area contributed by atoms with Crippen molar-refractivity contribution in [2.75, 3.05) is 7.11 Å². The molecule has 4 heteroatoms. The van der Waals surface area contributed by atoms with Gasteiger partial charge in [-0.2, -0.15) is 0 Å². The van der Waals surface area contributed by atoms with E-state index in [0.29, 0.717) is 0 Å². The highest BCUT2D eigenvalue weighted by atomic mass is 16.5. The van der Waals surface area contributed by atoms with E-state index >= 15 is 0 Å². The Bertz CT molecular complexity index is 570. The Balaban J connectivity index is 2.52. The normalized spacial score (nSPS) is 11.3. The number of aryl methyl sites for hydroxylation is 1. The van der Waals surface area contributed by atoms with Crippen molar-refractivity contribution in [3.63, 3.8) is 0 Å². The van der Waals surface area contributed by atoms with Crippen molar-refractivity contribution in [2.45, 2.75) is 6.92 Å². The number of esters is 1. The van der Waals surface area contributed by atoms with Gasteiger partial charge in [0.15, 0.2) is 0 Å². The van der Waals surface area contributed by atoms with Crippen LogP contribution in [0.25, 0.3) is 5.70 Å². The van der Waals surface area contributed by atoms with E-state index in [1.807, 2.05) is 48.0 Å². The molecular formula is C14H14N2O2. The zero-order valence-electron chi connectivity index (χ0n) is 10.3. The minimum atomic E-state index is -0.387. The zero-order valence-corrected chi connectivity index (χ0v) is 10.3. The summed E-state index contributed by atoms with van der Waals surface area (Å²) in [6.45, 7) is 1.88. The highest BCUT2D eigenvalue weighted by molar-refractivity contribution is 5.91. The van der Waals surface area contributed by atoms with Crippen LogP contribution in [0.2, 0.25) is 0 Å². The number of benzene rings is 1. The third kappa shape index (κ3) is 2.48. The first-order chi connectivity index (χ1) is 8.72. The van der Waals surface area contributed by atoms with Crippen molar-refractivity contribution < 1.29 is 9.53 Å². The summed E-state index contributed by atoms with van der Waals surface area (Å²) in [5.74, 6) is 0.427. The van der Waals surface area contributed by atoms with E-state index in [9.17, 15) is 4.79 Å². The fourth-order valence-corrected chi connectivity index (χ4v) is 1.70. The van der Waals surface area contributed by atoms with Gasteiger partial charge in [0, 0.05) is 18.5 Å². The second kappa shape index (κ2) is 5.31. The Morgan fingerprint density at radius 3 is 2.61 bits per heavy atom. The summed E-state index contributed by atoms with van der Waals surface area (Å²) < 4.78 is 6.54. The highest BCUT2D eigenvalue weighted by Gasteiger charge is 2.09. The van der Waals surface area contributed by atoms with Gasteiger partial charge >= 0.3 is 5.97 Å². The number of carbonyl (C=O) groups excluding carboxylic acids is 1. The predicted molar refractivity (Wildman–Crippen MR) is 68.8 cm³/mol. The number of carbonyl (C=O) groups is 1. The fourth-order valence-electron chi connectivity index (χ4n) is 1.70. The lowest BCUT2D eigenvalue weighted by Gasteiger charge is -2.10. The van der Waals surface area contributed by atoms with E-state index in [0.717, 1.165) is 17.1 Å². The van der Waals surface area contributed by atoms with E-state index in [-0.39, 0.29) is 5.97 Å². The van der Waals surface area contributed by atoms with Crippen LogP contribution in [0.1, 0.15) is 11.4 Å². The summed E-state index contributed by atoms with van der Waals surface area (Å²) in [5, 5.41) is 0. The number of imidazole rings is 1. The molecule has 0 N–H and O–H groups in total. The van der Waals surface area contributed by atoms with E-state index in [4.69, 9.17) is 4.74 Å². The molecule has 0 spiro atoms. The van der Waals surface area contributed by atoms with Crippen LogP contribution in [-0.2, 0) is 9.53 Å². The molecule has 2 aromatic rings. The standard InChI is InChI=1S/C14H14N2O2/c1-11-15-8-9-16(11)13(10-14(17)18-2)12-6-4-3-5-7-12/h3-10H,1-2H3/b13-10+. The number of ether oxygens (including phenoxy) is 1. The Morgan fingerprint density at radius 1 is 1.33 bits per heavy atom. The summed E-state index contributed by atoms with van der Waals surface area (Å²) in [4.78, 5) is 15.6. The molecule has 0 radical (unpaired) electrons. The Kier molecular flexibility index (Phi) is 3.57. The van der Waals surface area contributed by atoms with Crippen molar-refractivity contribution in [3.8, 4) is 0 Å². The number of methoxy groups -OCH3 is 1. The number of nitrogens with zero attached hydrogens (tertiary/aromatic N) is 2. The molecule has 0 bridgehead atoms. The summed E-state index contributed by atoms with van der Waals surface area (Å²) in [5.41, 5.74) is 1.68. The molecule has 1 aromatic carbocycles. The maximum absolute atomic E-state index is 11.5. The van der Waals surface area contributed by atoms with Crippen LogP contribution in [0, 0.1) is 6.92 Å². The largest absolute Gasteiger partial charge is 0.466 e. The Morgan fingerprint density at radius 2 is 2.06 bits per heavy atom. The Labute approximate surface area is 106 Å². The Hall–Kier alpha value is -2.36. The van der Waals surface area contributed by atoms with Gasteiger partial charge in [-0.25, -0.2) is 9.78 Å². The van der Waals surface area contributed by atoms with Crippen LogP contribution in [0.4, 0.5) is 0 Å². The van der Waals surface area contributed by atoms with E-state index in [1.54, 1.807) is 6.20 Å². The summed E-state index contributed by atoms with van der Waals surface area (Å²) >= 11 is 0. The molecule has 0 fully saturated rings. The topological polar surface area (TPSA) is 44.1 Å². The van der Waals surface area contributed by atoms with Crippen LogP contribution >= 0.6 is 0 Å². The molecule has 0 aliphatic carbocycles. The van der Waals surface area contributed by atoms with Crippen molar-refractivity contribution in [2.24, 2.45) is 0 Å². The lowest BCUT2D eigenvalue weighted by Crippen LogP contribution is -2.04. The predicted octanol–water partition coefficient (Wildman–Crippen LogP) is 2.25. The van der Waals surface area contributed by atoms with E-state index in [1.165, 1.54) is 13.2 Å². The van der Waals surface area contributed by atoms with Gasteiger partial charge in [-0.05, 0) is 12.5 Å². The van der Waals surface area contributed by atoms with Crippen molar-refractivity contribution >= 4 is 11.7 Å². The van der Waals surface area contributed by atoms with Crippen molar-refractivity contribution in [3.05, 3.63) is 60.2 Å². The molecule has 1 aromatic heterocycles. The van der Waals surface area contributed by atoms with Crippen LogP contribution in [0.3, 0.4) is 0 Å². The molecule has 0 amide bonds. The van der Waals surface area contributed by atoms with E-state index in [2.05, 4.69) is 4.98 Å². The summed E-state index contributed by atoms with van der Waals surface area (Å²) in [6.07, 6.45) is 4.98. The average Bonchev–Trinajstić information content (AvgIpc) is 2.83. The molecule has 2 rings (SSSR count). The first kappa shape index (κ1) is 12.1. The zero-order chi connectivity index (χ0) is 13.0. The molecular weight excluding hydrogens is 228 g/mol. The molecule has 4 nitrogen and oxygen atoms in total. The lowest BCUT2D eigenvalue weighted by molar-refractivity contribution is -0.134. The molecule has 0 saturated heterocycles. The number of aromatic nitrogens is 2. The van der Waals surface area contributed by atoms with Crippen LogP contribution in [0.15, 0.2) is 48.8 Å². The average molecular weight is 242 g/mol. The van der Waals surface area contributed by atoms with Gasteiger partial charge in [0.25, 0.3) is 0 Å². The molecule has 0 saturated carbocycles. The number of rotatable bonds is 3. The second-order valence-electron chi connectivity index (χ2n) is 3.76. The first-order valence-corrected chi connectivity index (χ1v) is 5.58. The van der Waals surface area contributed by atoms with Crippen LogP contribution in [0.5, 0.6) is 0 Å². The second-order valence-corrected chi connectivity index (χ2v) is 3.76. The third-order valence-corrected chi connectivity index (χ3v) is 2.61. The van der Waals surface area contributed by atoms with Crippen LogP contribution < -0.4 is 0 Å². The lowest BCUT2D eigenvalue weighted by atomic mass is 10.1. The van der Waals surface area contributed by atoms with E-state index < -0.39 is 0 Å². The molecule has 0 aliphatic heterocycles. The number of hydrogen-bond acceptors (Lipinski definition) is 3. The van der Waals surface area contributed by atoms with Crippen molar-refractivity contribution in [1.29, 1.82) is 0 Å². The summed E-state index contributed by atoms with van der Waals surface area (Å²) in [6, 6.07) is 9.65.